The Kier molecular flexibility index (Phi) is 10.8. The van der Waals surface area contributed by atoms with Crippen LogP contribution in [0.25, 0.3) is 0 Å². The van der Waals surface area contributed by atoms with E-state index in [9.17, 15) is 24.0 Å². The maximum Gasteiger partial charge on any atom is 0.303 e. The molecule has 13 heteroatoms. The third kappa shape index (κ3) is 8.37. The van der Waals surface area contributed by atoms with E-state index in [1.165, 1.54) is 20.8 Å². The van der Waals surface area contributed by atoms with Crippen LogP contribution in [0.15, 0.2) is 0 Å². The SMILES string of the molecule is CC(=O)O[C@@H]1[C@@H](OC(C)=O)[C@H](C)O[C@@H](O[C@H]2C(C(C)C)OC[C@H](OC(C)=O)[C@@H]2OC(C)=O)[C@@H]1OC(C)=O. The molecule has 210 valence electrons. The van der Waals surface area contributed by atoms with Gasteiger partial charge in [0.25, 0.3) is 0 Å². The molecule has 0 bridgehead atoms. The number of carbonyl (C=O) groups is 5. The predicted molar refractivity (Wildman–Crippen MR) is 122 cm³/mol. The third-order valence-corrected chi connectivity index (χ3v) is 5.67. The van der Waals surface area contributed by atoms with Gasteiger partial charge in [0, 0.05) is 34.6 Å². The standard InChI is InChI=1S/C24H36O13/c1-10(2)18-21(20(34-14(6)27)17(9-30-18)32-12(4)25)37-24-23(36-16(8)29)22(35-15(7)28)19(11(3)31-24)33-13(5)26/h10-11,17-24H,9H2,1-8H3/t11-,17-,18?,19-,20-,21-,22+,23+,24-/m0/s1. The molecule has 0 amide bonds. The molecule has 1 unspecified atom stereocenters. The van der Waals surface area contributed by atoms with Gasteiger partial charge < -0.3 is 37.9 Å². The fraction of sp³-hybridized carbons (Fsp3) is 0.792. The lowest BCUT2D eigenvalue weighted by atomic mass is 9.91. The number of rotatable bonds is 8. The van der Waals surface area contributed by atoms with Crippen molar-refractivity contribution in [3.05, 3.63) is 0 Å². The smallest absolute Gasteiger partial charge is 0.303 e. The molecule has 9 atom stereocenters. The van der Waals surface area contributed by atoms with Crippen LogP contribution in [0.4, 0.5) is 0 Å². The van der Waals surface area contributed by atoms with Crippen LogP contribution in [-0.4, -0.2) is 91.6 Å². The summed E-state index contributed by atoms with van der Waals surface area (Å²) in [5, 5.41) is 0. The lowest BCUT2D eigenvalue weighted by Gasteiger charge is -2.47. The molecule has 0 aromatic heterocycles. The van der Waals surface area contributed by atoms with Crippen molar-refractivity contribution in [1.29, 1.82) is 0 Å². The van der Waals surface area contributed by atoms with E-state index in [1.54, 1.807) is 6.92 Å². The highest BCUT2D eigenvalue weighted by Crippen LogP contribution is 2.34. The molecule has 2 fully saturated rings. The van der Waals surface area contributed by atoms with Gasteiger partial charge in [-0.15, -0.1) is 0 Å². The van der Waals surface area contributed by atoms with Crippen molar-refractivity contribution in [2.45, 2.75) is 111 Å². The minimum absolute atomic E-state index is 0.0554. The van der Waals surface area contributed by atoms with Crippen molar-refractivity contribution in [2.24, 2.45) is 5.92 Å². The topological polar surface area (TPSA) is 159 Å². The Balaban J connectivity index is 2.50. The van der Waals surface area contributed by atoms with Crippen molar-refractivity contribution in [2.75, 3.05) is 6.61 Å². The van der Waals surface area contributed by atoms with Crippen LogP contribution in [0, 0.1) is 5.92 Å². The molecule has 0 spiro atoms. The molecule has 2 aliphatic heterocycles. The highest BCUT2D eigenvalue weighted by molar-refractivity contribution is 5.69. The van der Waals surface area contributed by atoms with E-state index in [0.29, 0.717) is 0 Å². The highest BCUT2D eigenvalue weighted by atomic mass is 16.7. The van der Waals surface area contributed by atoms with Gasteiger partial charge >= 0.3 is 29.8 Å². The summed E-state index contributed by atoms with van der Waals surface area (Å²) in [6.07, 6.45) is -9.83. The van der Waals surface area contributed by atoms with Crippen molar-refractivity contribution in [3.8, 4) is 0 Å². The largest absolute Gasteiger partial charge is 0.456 e. The van der Waals surface area contributed by atoms with Crippen LogP contribution >= 0.6 is 0 Å². The predicted octanol–water partition coefficient (Wildman–Crippen LogP) is 0.830. The first-order valence-corrected chi connectivity index (χ1v) is 12.0. The van der Waals surface area contributed by atoms with Gasteiger partial charge in [0.05, 0.1) is 18.8 Å². The Bertz CT molecular complexity index is 856. The molecule has 37 heavy (non-hydrogen) atoms. The zero-order valence-corrected chi connectivity index (χ0v) is 22.3. The molecule has 0 aromatic carbocycles. The van der Waals surface area contributed by atoms with Gasteiger partial charge in [-0.1, -0.05) is 13.8 Å². The lowest BCUT2D eigenvalue weighted by molar-refractivity contribution is -0.336. The summed E-state index contributed by atoms with van der Waals surface area (Å²) in [5.41, 5.74) is 0. The number of hydrogen-bond donors (Lipinski definition) is 0. The summed E-state index contributed by atoms with van der Waals surface area (Å²) < 4.78 is 45.1. The summed E-state index contributed by atoms with van der Waals surface area (Å²) >= 11 is 0. The Hall–Kier alpha value is -2.77. The van der Waals surface area contributed by atoms with Crippen LogP contribution in [0.1, 0.15) is 55.4 Å². The molecule has 0 aromatic rings. The molecule has 2 saturated heterocycles. The molecule has 2 aliphatic rings. The van der Waals surface area contributed by atoms with Crippen LogP contribution in [0.2, 0.25) is 0 Å². The van der Waals surface area contributed by atoms with Gasteiger partial charge in [-0.2, -0.15) is 0 Å². The van der Waals surface area contributed by atoms with E-state index in [2.05, 4.69) is 0 Å². The van der Waals surface area contributed by atoms with Crippen molar-refractivity contribution >= 4 is 29.8 Å². The van der Waals surface area contributed by atoms with Crippen molar-refractivity contribution < 1.29 is 61.9 Å². The minimum atomic E-state index is -1.38. The third-order valence-electron chi connectivity index (χ3n) is 5.67. The van der Waals surface area contributed by atoms with E-state index < -0.39 is 85.0 Å². The number of esters is 5. The second-order valence-corrected chi connectivity index (χ2v) is 9.30. The Morgan fingerprint density at radius 2 is 1.11 bits per heavy atom. The zero-order chi connectivity index (χ0) is 28.0. The van der Waals surface area contributed by atoms with Gasteiger partial charge in [-0.25, -0.2) is 0 Å². The molecule has 2 heterocycles. The van der Waals surface area contributed by atoms with Crippen LogP contribution in [0.5, 0.6) is 0 Å². The monoisotopic (exact) mass is 532 g/mol. The van der Waals surface area contributed by atoms with E-state index in [1.807, 2.05) is 13.8 Å². The second-order valence-electron chi connectivity index (χ2n) is 9.30. The highest BCUT2D eigenvalue weighted by Gasteiger charge is 2.54. The fourth-order valence-electron chi connectivity index (χ4n) is 4.40. The van der Waals surface area contributed by atoms with E-state index in [-0.39, 0.29) is 12.5 Å². The average molecular weight is 533 g/mol. The molecule has 0 saturated carbocycles. The van der Waals surface area contributed by atoms with Gasteiger partial charge in [0.15, 0.2) is 36.8 Å². The quantitative estimate of drug-likeness (QED) is 0.320. The van der Waals surface area contributed by atoms with Gasteiger partial charge in [-0.05, 0) is 12.8 Å². The van der Waals surface area contributed by atoms with Gasteiger partial charge in [0.1, 0.15) is 6.10 Å². The maximum absolute atomic E-state index is 12.0. The summed E-state index contributed by atoms with van der Waals surface area (Å²) in [7, 11) is 0. The summed E-state index contributed by atoms with van der Waals surface area (Å²) in [6.45, 7) is 11.1. The summed E-state index contributed by atoms with van der Waals surface area (Å²) in [6, 6.07) is 0. The first-order chi connectivity index (χ1) is 17.2. The van der Waals surface area contributed by atoms with Gasteiger partial charge in [-0.3, -0.25) is 24.0 Å². The van der Waals surface area contributed by atoms with Crippen LogP contribution < -0.4 is 0 Å². The molecular formula is C24H36O13. The molecule has 13 nitrogen and oxygen atoms in total. The maximum atomic E-state index is 12.0. The first-order valence-electron chi connectivity index (χ1n) is 12.0. The summed E-state index contributed by atoms with van der Waals surface area (Å²) in [5.74, 6) is -3.56. The van der Waals surface area contributed by atoms with E-state index in [4.69, 9.17) is 37.9 Å². The Morgan fingerprint density at radius 1 is 0.649 bits per heavy atom. The van der Waals surface area contributed by atoms with E-state index >= 15 is 0 Å². The molecule has 0 N–H and O–H groups in total. The van der Waals surface area contributed by atoms with E-state index in [0.717, 1.165) is 13.8 Å². The fourth-order valence-corrected chi connectivity index (χ4v) is 4.40. The average Bonchev–Trinajstić information content (AvgIpc) is 2.73. The number of carbonyl (C=O) groups excluding carboxylic acids is 5. The molecular weight excluding hydrogens is 496 g/mol. The molecule has 0 aliphatic carbocycles. The number of hydrogen-bond acceptors (Lipinski definition) is 13. The van der Waals surface area contributed by atoms with Gasteiger partial charge in [0.2, 0.25) is 0 Å². The van der Waals surface area contributed by atoms with Crippen molar-refractivity contribution in [3.63, 3.8) is 0 Å². The summed E-state index contributed by atoms with van der Waals surface area (Å²) in [4.78, 5) is 59.4. The first kappa shape index (κ1) is 30.5. The zero-order valence-electron chi connectivity index (χ0n) is 22.3. The Labute approximate surface area is 215 Å². The lowest BCUT2D eigenvalue weighted by Crippen LogP contribution is -2.65. The normalized spacial score (nSPS) is 33.7. The minimum Gasteiger partial charge on any atom is -0.456 e. The van der Waals surface area contributed by atoms with Crippen LogP contribution in [-0.2, 0) is 61.9 Å². The Morgan fingerprint density at radius 3 is 1.59 bits per heavy atom. The number of ether oxygens (including phenoxy) is 8. The van der Waals surface area contributed by atoms with Crippen LogP contribution in [0.3, 0.4) is 0 Å². The second kappa shape index (κ2) is 13.2. The molecule has 0 radical (unpaired) electrons. The molecule has 2 rings (SSSR count). The van der Waals surface area contributed by atoms with Crippen molar-refractivity contribution in [1.82, 2.24) is 0 Å².